The number of benzene rings is 2. The van der Waals surface area contributed by atoms with Gasteiger partial charge >= 0.3 is 0 Å². The van der Waals surface area contributed by atoms with E-state index in [-0.39, 0.29) is 0 Å². The molecule has 0 aliphatic rings. The van der Waals surface area contributed by atoms with Crippen LogP contribution in [0.25, 0.3) is 0 Å². The molecule has 2 aromatic carbocycles. The van der Waals surface area contributed by atoms with E-state index in [2.05, 4.69) is 69.4 Å². The fourth-order valence-corrected chi connectivity index (χ4v) is 2.18. The van der Waals surface area contributed by atoms with Gasteiger partial charge in [-0.1, -0.05) is 36.4 Å². The molecule has 0 unspecified atom stereocenters. The van der Waals surface area contributed by atoms with Crippen LogP contribution in [0.1, 0.15) is 33.4 Å². The first-order valence-corrected chi connectivity index (χ1v) is 6.89. The highest BCUT2D eigenvalue weighted by Gasteiger charge is 1.98. The molecule has 0 aliphatic carbocycles. The smallest absolute Gasteiger partial charge is 0.0208 e. The quantitative estimate of drug-likeness (QED) is 0.860. The van der Waals surface area contributed by atoms with Crippen LogP contribution in [0.5, 0.6) is 0 Å². The van der Waals surface area contributed by atoms with Gasteiger partial charge in [-0.25, -0.2) is 0 Å². The SMILES string of the molecule is Cc1ccc(CNCc2ccc(C)c(C)c2)cc1C. The molecule has 1 heteroatoms. The standard InChI is InChI=1S/C18H23N/c1-13-5-7-17(9-15(13)3)11-19-12-18-8-6-14(2)16(4)10-18/h5-10,19H,11-12H2,1-4H3. The first kappa shape index (κ1) is 13.8. The third kappa shape index (κ3) is 3.68. The van der Waals surface area contributed by atoms with Crippen molar-refractivity contribution in [1.82, 2.24) is 5.32 Å². The molecule has 0 aromatic heterocycles. The van der Waals surface area contributed by atoms with Crippen molar-refractivity contribution < 1.29 is 0 Å². The summed E-state index contributed by atoms with van der Waals surface area (Å²) < 4.78 is 0. The lowest BCUT2D eigenvalue weighted by Gasteiger charge is -2.09. The maximum Gasteiger partial charge on any atom is 0.0208 e. The van der Waals surface area contributed by atoms with E-state index in [1.807, 2.05) is 0 Å². The third-order valence-electron chi connectivity index (χ3n) is 3.80. The van der Waals surface area contributed by atoms with Gasteiger partial charge in [-0.15, -0.1) is 0 Å². The predicted molar refractivity (Wildman–Crippen MR) is 82.4 cm³/mol. The van der Waals surface area contributed by atoms with Gasteiger partial charge in [-0.2, -0.15) is 0 Å². The van der Waals surface area contributed by atoms with Crippen LogP contribution in [-0.2, 0) is 13.1 Å². The van der Waals surface area contributed by atoms with Crippen molar-refractivity contribution in [1.29, 1.82) is 0 Å². The predicted octanol–water partition coefficient (Wildman–Crippen LogP) is 4.21. The lowest BCUT2D eigenvalue weighted by Crippen LogP contribution is -2.13. The highest BCUT2D eigenvalue weighted by atomic mass is 14.8. The minimum absolute atomic E-state index is 0.925. The Morgan fingerprint density at radius 3 is 1.42 bits per heavy atom. The van der Waals surface area contributed by atoms with Crippen molar-refractivity contribution in [3.63, 3.8) is 0 Å². The van der Waals surface area contributed by atoms with Gasteiger partial charge in [0.1, 0.15) is 0 Å². The Morgan fingerprint density at radius 1 is 0.632 bits per heavy atom. The van der Waals surface area contributed by atoms with Crippen LogP contribution in [0, 0.1) is 27.7 Å². The molecule has 1 nitrogen and oxygen atoms in total. The van der Waals surface area contributed by atoms with Crippen molar-refractivity contribution >= 4 is 0 Å². The zero-order valence-electron chi connectivity index (χ0n) is 12.4. The molecule has 1 N–H and O–H groups in total. The van der Waals surface area contributed by atoms with Crippen molar-refractivity contribution in [2.45, 2.75) is 40.8 Å². The molecule has 0 bridgehead atoms. The summed E-state index contributed by atoms with van der Waals surface area (Å²) >= 11 is 0. The molecular weight excluding hydrogens is 230 g/mol. The molecule has 0 amide bonds. The molecule has 0 saturated carbocycles. The van der Waals surface area contributed by atoms with Crippen LogP contribution < -0.4 is 5.32 Å². The van der Waals surface area contributed by atoms with E-state index < -0.39 is 0 Å². The van der Waals surface area contributed by atoms with Crippen LogP contribution in [-0.4, -0.2) is 0 Å². The van der Waals surface area contributed by atoms with E-state index in [1.54, 1.807) is 0 Å². The molecule has 0 radical (unpaired) electrons. The van der Waals surface area contributed by atoms with Gasteiger partial charge in [0, 0.05) is 13.1 Å². The van der Waals surface area contributed by atoms with Crippen LogP contribution >= 0.6 is 0 Å². The lowest BCUT2D eigenvalue weighted by molar-refractivity contribution is 0.692. The zero-order valence-corrected chi connectivity index (χ0v) is 12.4. The fourth-order valence-electron chi connectivity index (χ4n) is 2.18. The van der Waals surface area contributed by atoms with E-state index in [0.29, 0.717) is 0 Å². The molecule has 2 aromatic rings. The van der Waals surface area contributed by atoms with Crippen LogP contribution in [0.3, 0.4) is 0 Å². The van der Waals surface area contributed by atoms with Crippen molar-refractivity contribution in [3.05, 3.63) is 69.8 Å². The largest absolute Gasteiger partial charge is 0.309 e. The van der Waals surface area contributed by atoms with E-state index >= 15 is 0 Å². The van der Waals surface area contributed by atoms with Gasteiger partial charge in [0.25, 0.3) is 0 Å². The van der Waals surface area contributed by atoms with Gasteiger partial charge in [-0.05, 0) is 61.1 Å². The van der Waals surface area contributed by atoms with Crippen molar-refractivity contribution in [2.75, 3.05) is 0 Å². The minimum Gasteiger partial charge on any atom is -0.309 e. The number of hydrogen-bond donors (Lipinski definition) is 1. The summed E-state index contributed by atoms with van der Waals surface area (Å²) in [7, 11) is 0. The van der Waals surface area contributed by atoms with Gasteiger partial charge in [0.2, 0.25) is 0 Å². The molecule has 0 spiro atoms. The Balaban J connectivity index is 1.92. The third-order valence-corrected chi connectivity index (χ3v) is 3.80. The summed E-state index contributed by atoms with van der Waals surface area (Å²) in [5, 5.41) is 3.51. The molecular formula is C18H23N. The zero-order chi connectivity index (χ0) is 13.8. The van der Waals surface area contributed by atoms with Crippen LogP contribution in [0.2, 0.25) is 0 Å². The van der Waals surface area contributed by atoms with Gasteiger partial charge in [0.05, 0.1) is 0 Å². The number of hydrogen-bond acceptors (Lipinski definition) is 1. The van der Waals surface area contributed by atoms with E-state index in [1.165, 1.54) is 33.4 Å². The molecule has 0 atom stereocenters. The molecule has 0 saturated heterocycles. The van der Waals surface area contributed by atoms with E-state index in [4.69, 9.17) is 0 Å². The Kier molecular flexibility index (Phi) is 4.39. The van der Waals surface area contributed by atoms with Crippen LogP contribution in [0.4, 0.5) is 0 Å². The highest BCUT2D eigenvalue weighted by Crippen LogP contribution is 2.11. The summed E-state index contributed by atoms with van der Waals surface area (Å²) in [6.45, 7) is 10.5. The molecule has 0 heterocycles. The second-order valence-corrected chi connectivity index (χ2v) is 5.44. The maximum absolute atomic E-state index is 3.51. The molecule has 2 rings (SSSR count). The van der Waals surface area contributed by atoms with Crippen molar-refractivity contribution in [3.8, 4) is 0 Å². The van der Waals surface area contributed by atoms with E-state index in [0.717, 1.165) is 13.1 Å². The highest BCUT2D eigenvalue weighted by molar-refractivity contribution is 5.31. The summed E-state index contributed by atoms with van der Waals surface area (Å²) in [6.07, 6.45) is 0. The van der Waals surface area contributed by atoms with Gasteiger partial charge < -0.3 is 5.32 Å². The lowest BCUT2D eigenvalue weighted by atomic mass is 10.1. The summed E-state index contributed by atoms with van der Waals surface area (Å²) in [6, 6.07) is 13.3. The second kappa shape index (κ2) is 6.03. The molecule has 100 valence electrons. The average Bonchev–Trinajstić information content (AvgIpc) is 2.38. The second-order valence-electron chi connectivity index (χ2n) is 5.44. The number of aryl methyl sites for hydroxylation is 4. The maximum atomic E-state index is 3.51. The minimum atomic E-state index is 0.925. The van der Waals surface area contributed by atoms with E-state index in [9.17, 15) is 0 Å². The first-order chi connectivity index (χ1) is 9.06. The monoisotopic (exact) mass is 253 g/mol. The van der Waals surface area contributed by atoms with Crippen LogP contribution in [0.15, 0.2) is 36.4 Å². The summed E-state index contributed by atoms with van der Waals surface area (Å²) in [5.41, 5.74) is 8.16. The normalized spacial score (nSPS) is 10.7. The first-order valence-electron chi connectivity index (χ1n) is 6.89. The Labute approximate surface area is 116 Å². The number of nitrogens with one attached hydrogen (secondary N) is 1. The molecule has 0 fully saturated rings. The topological polar surface area (TPSA) is 12.0 Å². The molecule has 19 heavy (non-hydrogen) atoms. The van der Waals surface area contributed by atoms with Gasteiger partial charge in [-0.3, -0.25) is 0 Å². The van der Waals surface area contributed by atoms with Crippen molar-refractivity contribution in [2.24, 2.45) is 0 Å². The summed E-state index contributed by atoms with van der Waals surface area (Å²) in [5.74, 6) is 0. The Hall–Kier alpha value is -1.60. The fraction of sp³-hybridized carbons (Fsp3) is 0.333. The Morgan fingerprint density at radius 2 is 1.05 bits per heavy atom. The Bertz CT molecular complexity index is 518. The average molecular weight is 253 g/mol. The number of rotatable bonds is 4. The molecule has 0 aliphatic heterocycles. The summed E-state index contributed by atoms with van der Waals surface area (Å²) in [4.78, 5) is 0. The van der Waals surface area contributed by atoms with Gasteiger partial charge in [0.15, 0.2) is 0 Å².